The molecule has 36 heavy (non-hydrogen) atoms. The molecule has 0 saturated carbocycles. The maximum atomic E-state index is 12.7. The molecular formula is C28H42N2O6. The molecule has 6 atom stereocenters. The fraction of sp³-hybridized carbons (Fsp3) is 0.571. The van der Waals surface area contributed by atoms with E-state index in [1.807, 2.05) is 50.3 Å². The molecule has 0 saturated heterocycles. The van der Waals surface area contributed by atoms with Crippen molar-refractivity contribution in [2.75, 3.05) is 19.5 Å². The van der Waals surface area contributed by atoms with Gasteiger partial charge in [-0.25, -0.2) is 4.79 Å². The van der Waals surface area contributed by atoms with Crippen LogP contribution in [0.4, 0.5) is 10.5 Å². The highest BCUT2D eigenvalue weighted by atomic mass is 16.6. The number of nitrogens with two attached hydrogens (primary N) is 1. The van der Waals surface area contributed by atoms with E-state index < -0.39 is 24.4 Å². The lowest BCUT2D eigenvalue weighted by molar-refractivity contribution is -0.112. The first-order chi connectivity index (χ1) is 17.0. The smallest absolute Gasteiger partial charge is 0.405 e. The fourth-order valence-corrected chi connectivity index (χ4v) is 4.75. The Labute approximate surface area is 214 Å². The summed E-state index contributed by atoms with van der Waals surface area (Å²) in [5.41, 5.74) is 8.50. The molecular weight excluding hydrogens is 460 g/mol. The Hall–Kier alpha value is -2.68. The molecule has 2 rings (SSSR count). The molecule has 1 unspecified atom stereocenters. The molecule has 1 aliphatic rings. The number of allylic oxidation sites excluding steroid dienone is 1. The van der Waals surface area contributed by atoms with Crippen molar-refractivity contribution >= 4 is 17.7 Å². The van der Waals surface area contributed by atoms with Crippen LogP contribution in [0.25, 0.3) is 0 Å². The van der Waals surface area contributed by atoms with Gasteiger partial charge in [0.2, 0.25) is 0 Å². The molecule has 4 N–H and O–H groups in total. The topological polar surface area (TPSA) is 120 Å². The van der Waals surface area contributed by atoms with Gasteiger partial charge in [-0.1, -0.05) is 38.1 Å². The summed E-state index contributed by atoms with van der Waals surface area (Å²) in [4.78, 5) is 24.4. The minimum absolute atomic E-state index is 0.176. The number of hydrogen-bond donors (Lipinski definition) is 3. The van der Waals surface area contributed by atoms with Crippen LogP contribution >= 0.6 is 0 Å². The van der Waals surface area contributed by atoms with Gasteiger partial charge in [0.25, 0.3) is 5.91 Å². The number of hydrogen-bond acceptors (Lipinski definition) is 6. The summed E-state index contributed by atoms with van der Waals surface area (Å²) in [6.07, 6.45) is 2.91. The number of primary amides is 1. The van der Waals surface area contributed by atoms with Gasteiger partial charge >= 0.3 is 6.09 Å². The van der Waals surface area contributed by atoms with E-state index in [1.54, 1.807) is 21.1 Å². The predicted octanol–water partition coefficient (Wildman–Crippen LogP) is 4.37. The average Bonchev–Trinajstić information content (AvgIpc) is 2.82. The highest BCUT2D eigenvalue weighted by Gasteiger charge is 2.29. The number of amides is 2. The van der Waals surface area contributed by atoms with Crippen molar-refractivity contribution < 1.29 is 28.9 Å². The zero-order valence-electron chi connectivity index (χ0n) is 22.3. The van der Waals surface area contributed by atoms with Crippen LogP contribution in [0.3, 0.4) is 0 Å². The number of aliphatic hydroxyl groups excluding tert-OH is 1. The van der Waals surface area contributed by atoms with E-state index in [0.717, 1.165) is 23.2 Å². The Balaban J connectivity index is 2.43. The molecule has 2 bridgehead atoms. The van der Waals surface area contributed by atoms with Gasteiger partial charge in [-0.05, 0) is 68.7 Å². The quantitative estimate of drug-likeness (QED) is 0.528. The molecule has 0 spiro atoms. The molecule has 0 fully saturated rings. The minimum Gasteiger partial charge on any atom is -0.439 e. The number of anilines is 1. The third-order valence-electron chi connectivity index (χ3n) is 6.74. The number of aliphatic hydroxyl groups is 1. The van der Waals surface area contributed by atoms with E-state index >= 15 is 0 Å². The van der Waals surface area contributed by atoms with Crippen molar-refractivity contribution in [3.8, 4) is 0 Å². The molecule has 0 radical (unpaired) electrons. The second-order valence-corrected chi connectivity index (χ2v) is 9.83. The average molecular weight is 503 g/mol. The minimum atomic E-state index is -0.905. The number of fused-ring (bicyclic) bond motifs is 2. The van der Waals surface area contributed by atoms with E-state index in [4.69, 9.17) is 19.9 Å². The third kappa shape index (κ3) is 8.76. The fourth-order valence-electron chi connectivity index (χ4n) is 4.75. The van der Waals surface area contributed by atoms with Crippen molar-refractivity contribution in [2.45, 2.75) is 77.8 Å². The molecule has 8 heteroatoms. The number of nitrogens with one attached hydrogen (secondary N) is 1. The molecule has 0 aliphatic carbocycles. The molecule has 1 aromatic rings. The first-order valence-corrected chi connectivity index (χ1v) is 12.5. The van der Waals surface area contributed by atoms with Crippen LogP contribution in [0.1, 0.15) is 52.5 Å². The molecule has 8 nitrogen and oxygen atoms in total. The zero-order valence-corrected chi connectivity index (χ0v) is 22.3. The van der Waals surface area contributed by atoms with Gasteiger partial charge < -0.3 is 30.4 Å². The van der Waals surface area contributed by atoms with Crippen molar-refractivity contribution in [1.29, 1.82) is 0 Å². The molecule has 0 aromatic heterocycles. The summed E-state index contributed by atoms with van der Waals surface area (Å²) < 4.78 is 16.8. The zero-order chi connectivity index (χ0) is 26.8. The van der Waals surface area contributed by atoms with E-state index in [2.05, 4.69) is 12.2 Å². The van der Waals surface area contributed by atoms with Crippen LogP contribution in [0.15, 0.2) is 47.6 Å². The highest BCUT2D eigenvalue weighted by Crippen LogP contribution is 2.26. The lowest BCUT2D eigenvalue weighted by Gasteiger charge is -2.30. The van der Waals surface area contributed by atoms with Crippen LogP contribution in [0.2, 0.25) is 0 Å². The van der Waals surface area contributed by atoms with Gasteiger partial charge in [0.15, 0.2) is 6.10 Å². The van der Waals surface area contributed by atoms with Gasteiger partial charge in [0.1, 0.15) is 0 Å². The number of carbonyl (C=O) groups is 2. The molecule has 1 aliphatic heterocycles. The van der Waals surface area contributed by atoms with Crippen molar-refractivity contribution in [3.05, 3.63) is 53.1 Å². The van der Waals surface area contributed by atoms with Crippen LogP contribution in [-0.4, -0.2) is 55.7 Å². The van der Waals surface area contributed by atoms with Crippen molar-refractivity contribution in [3.63, 3.8) is 0 Å². The van der Waals surface area contributed by atoms with Crippen LogP contribution in [0.5, 0.6) is 0 Å². The summed E-state index contributed by atoms with van der Waals surface area (Å²) in [7, 11) is 3.15. The maximum absolute atomic E-state index is 12.7. The Morgan fingerprint density at radius 1 is 1.14 bits per heavy atom. The Kier molecular flexibility index (Phi) is 11.6. The van der Waals surface area contributed by atoms with Gasteiger partial charge in [-0.15, -0.1) is 0 Å². The van der Waals surface area contributed by atoms with Crippen LogP contribution in [-0.2, 0) is 25.4 Å². The van der Waals surface area contributed by atoms with Gasteiger partial charge in [0, 0.05) is 31.4 Å². The SMILES string of the molecule is COC1CC/C=C(/C)C(=O)Nc2cccc(c2)C[C@@H](C)C[C@H](OC)[C@H](O)[C@@H](C)/C=C(\C)[C@H]1OC(N)=O. The number of benzene rings is 1. The monoisotopic (exact) mass is 502 g/mol. The highest BCUT2D eigenvalue weighted by molar-refractivity contribution is 6.03. The second-order valence-electron chi connectivity index (χ2n) is 9.83. The molecule has 2 amide bonds. The standard InChI is InChI=1S/C28H42N2O6/c1-17-13-21-10-8-11-22(16-21)30-27(32)18(2)9-7-12-23(34-5)26(36-28(29)33)20(4)15-19(3)25(31)24(14-17)35-6/h8-11,15-17,19,23-26,31H,7,12-14H2,1-6H3,(H2,29,33)(H,30,32)/b18-9-,20-15+/t17-,19+,23?,24+,25-,26-/m1/s1. The number of ether oxygens (including phenoxy) is 3. The van der Waals surface area contributed by atoms with Crippen LogP contribution in [0, 0.1) is 11.8 Å². The first-order valence-electron chi connectivity index (χ1n) is 12.5. The van der Waals surface area contributed by atoms with Gasteiger partial charge in [-0.3, -0.25) is 4.79 Å². The van der Waals surface area contributed by atoms with Gasteiger partial charge in [0.05, 0.1) is 18.3 Å². The van der Waals surface area contributed by atoms with Gasteiger partial charge in [-0.2, -0.15) is 0 Å². The van der Waals surface area contributed by atoms with E-state index in [1.165, 1.54) is 0 Å². The maximum Gasteiger partial charge on any atom is 0.405 e. The number of methoxy groups -OCH3 is 2. The molecule has 200 valence electrons. The Morgan fingerprint density at radius 3 is 2.47 bits per heavy atom. The molecule has 1 heterocycles. The lowest BCUT2D eigenvalue weighted by Crippen LogP contribution is -2.37. The summed E-state index contributed by atoms with van der Waals surface area (Å²) in [5.74, 6) is -0.224. The predicted molar refractivity (Wildman–Crippen MR) is 141 cm³/mol. The first kappa shape index (κ1) is 29.5. The van der Waals surface area contributed by atoms with Crippen molar-refractivity contribution in [2.24, 2.45) is 17.6 Å². The Morgan fingerprint density at radius 2 is 1.83 bits per heavy atom. The lowest BCUT2D eigenvalue weighted by atomic mass is 9.88. The summed E-state index contributed by atoms with van der Waals surface area (Å²) >= 11 is 0. The van der Waals surface area contributed by atoms with Crippen molar-refractivity contribution in [1.82, 2.24) is 0 Å². The third-order valence-corrected chi connectivity index (χ3v) is 6.74. The summed E-state index contributed by atoms with van der Waals surface area (Å²) in [6, 6.07) is 7.82. The van der Waals surface area contributed by atoms with E-state index in [9.17, 15) is 14.7 Å². The number of rotatable bonds is 3. The number of carbonyl (C=O) groups excluding carboxylic acids is 2. The van der Waals surface area contributed by atoms with E-state index in [-0.39, 0.29) is 23.8 Å². The molecule has 1 aromatic carbocycles. The normalized spacial score (nSPS) is 31.9. The van der Waals surface area contributed by atoms with E-state index in [0.29, 0.717) is 24.8 Å². The van der Waals surface area contributed by atoms with Crippen LogP contribution < -0.4 is 11.1 Å². The summed E-state index contributed by atoms with van der Waals surface area (Å²) in [6.45, 7) is 7.62. The Bertz CT molecular complexity index is 944. The summed E-state index contributed by atoms with van der Waals surface area (Å²) in [5, 5.41) is 14.1. The largest absolute Gasteiger partial charge is 0.439 e. The second kappa shape index (κ2) is 14.2.